The van der Waals surface area contributed by atoms with Crippen molar-refractivity contribution in [3.05, 3.63) is 132 Å². The zero-order valence-electron chi connectivity index (χ0n) is 20.7. The van der Waals surface area contributed by atoms with Gasteiger partial charge in [-0.1, -0.05) is 66.7 Å². The standard InChI is InChI=1S/C30H25FNO5PS/c31-24-12-9-10-22(18-24)19-25(32-30(33)29-20-23-11-7-8-17-28(23)39-29)21-35-38(34,36-26-13-3-1-4-14-26)37-27-15-5-2-6-16-27/h1-18,20,25H,19,21H2,(H,32,33). The first-order valence-corrected chi connectivity index (χ1v) is 14.5. The summed E-state index contributed by atoms with van der Waals surface area (Å²) in [5.74, 6) is -0.113. The molecule has 9 heteroatoms. The number of benzene rings is 4. The Hall–Kier alpha value is -3.97. The molecule has 1 N–H and O–H groups in total. The van der Waals surface area contributed by atoms with Crippen molar-refractivity contribution in [3.63, 3.8) is 0 Å². The van der Waals surface area contributed by atoms with Crippen molar-refractivity contribution in [3.8, 4) is 11.5 Å². The fraction of sp³-hybridized carbons (Fsp3) is 0.100. The van der Waals surface area contributed by atoms with Crippen molar-refractivity contribution in [2.45, 2.75) is 12.5 Å². The second kappa shape index (κ2) is 12.3. The summed E-state index contributed by atoms with van der Waals surface area (Å²) in [7, 11) is -4.19. The Balaban J connectivity index is 1.38. The summed E-state index contributed by atoms with van der Waals surface area (Å²) in [5.41, 5.74) is 0.642. The third-order valence-corrected chi connectivity index (χ3v) is 8.16. The van der Waals surface area contributed by atoms with E-state index in [1.165, 1.54) is 23.5 Å². The number of nitrogens with one attached hydrogen (secondary N) is 1. The smallest absolute Gasteiger partial charge is 0.395 e. The number of carbonyl (C=O) groups is 1. The second-order valence-corrected chi connectivity index (χ2v) is 11.3. The van der Waals surface area contributed by atoms with Crippen molar-refractivity contribution in [2.75, 3.05) is 6.61 Å². The van der Waals surface area contributed by atoms with Gasteiger partial charge in [0.25, 0.3) is 5.91 Å². The van der Waals surface area contributed by atoms with E-state index in [0.717, 1.165) is 10.1 Å². The minimum atomic E-state index is -4.19. The number of rotatable bonds is 11. The highest BCUT2D eigenvalue weighted by Crippen LogP contribution is 2.49. The van der Waals surface area contributed by atoms with Crippen LogP contribution in [0.25, 0.3) is 10.1 Å². The number of phosphoric ester groups is 1. The van der Waals surface area contributed by atoms with Crippen molar-refractivity contribution >= 4 is 35.2 Å². The number of phosphoric acid groups is 1. The maximum Gasteiger partial charge on any atom is 0.587 e. The average molecular weight is 562 g/mol. The minimum Gasteiger partial charge on any atom is -0.395 e. The number of carbonyl (C=O) groups excluding carboxylic acids is 1. The Labute approximate surface area is 229 Å². The average Bonchev–Trinajstić information content (AvgIpc) is 3.38. The zero-order valence-corrected chi connectivity index (χ0v) is 22.4. The molecule has 0 spiro atoms. The van der Waals surface area contributed by atoms with Crippen LogP contribution in [-0.2, 0) is 15.5 Å². The SMILES string of the molecule is O=C(NC(COP(=O)(Oc1ccccc1)Oc1ccccc1)Cc1cccc(F)c1)c1cc2ccccc2s1. The summed E-state index contributed by atoms with van der Waals surface area (Å²) in [5, 5.41) is 3.92. The van der Waals surface area contributed by atoms with Gasteiger partial charge in [-0.25, -0.2) is 8.96 Å². The number of thiophene rings is 1. The second-order valence-electron chi connectivity index (χ2n) is 8.70. The molecule has 0 aliphatic heterocycles. The van der Waals surface area contributed by atoms with Crippen molar-refractivity contribution in [2.24, 2.45) is 0 Å². The van der Waals surface area contributed by atoms with E-state index in [1.54, 1.807) is 72.8 Å². The monoisotopic (exact) mass is 561 g/mol. The number of hydrogen-bond acceptors (Lipinski definition) is 6. The van der Waals surface area contributed by atoms with Crippen LogP contribution in [0.5, 0.6) is 11.5 Å². The summed E-state index contributed by atoms with van der Waals surface area (Å²) < 4.78 is 45.9. The molecule has 0 aliphatic carbocycles. The molecular weight excluding hydrogens is 536 g/mol. The first kappa shape index (κ1) is 26.6. The molecule has 1 aromatic heterocycles. The van der Waals surface area contributed by atoms with Gasteiger partial charge in [-0.3, -0.25) is 9.32 Å². The van der Waals surface area contributed by atoms with Gasteiger partial charge in [0.2, 0.25) is 0 Å². The largest absolute Gasteiger partial charge is 0.587 e. The Bertz CT molecular complexity index is 1520. The predicted molar refractivity (Wildman–Crippen MR) is 151 cm³/mol. The van der Waals surface area contributed by atoms with Crippen LogP contribution in [0.3, 0.4) is 0 Å². The van der Waals surface area contributed by atoms with Gasteiger partial charge in [-0.05, 0) is 65.9 Å². The molecule has 39 heavy (non-hydrogen) atoms. The molecule has 0 aliphatic rings. The molecule has 0 saturated heterocycles. The van der Waals surface area contributed by atoms with Crippen LogP contribution in [0.2, 0.25) is 0 Å². The van der Waals surface area contributed by atoms with Gasteiger partial charge in [0, 0.05) is 4.70 Å². The molecule has 1 heterocycles. The lowest BCUT2D eigenvalue weighted by Gasteiger charge is -2.23. The molecule has 1 amide bonds. The lowest BCUT2D eigenvalue weighted by Crippen LogP contribution is -2.39. The fourth-order valence-corrected chi connectivity index (χ4v) is 6.15. The third-order valence-electron chi connectivity index (χ3n) is 5.71. The minimum absolute atomic E-state index is 0.218. The highest BCUT2D eigenvalue weighted by molar-refractivity contribution is 7.49. The van der Waals surface area contributed by atoms with Crippen LogP contribution in [0.1, 0.15) is 15.2 Å². The van der Waals surface area contributed by atoms with E-state index >= 15 is 0 Å². The summed E-state index contributed by atoms with van der Waals surface area (Å²) in [6.45, 7) is -0.218. The number of hydrogen-bond donors (Lipinski definition) is 1. The quantitative estimate of drug-likeness (QED) is 0.168. The van der Waals surface area contributed by atoms with Crippen LogP contribution in [0.4, 0.5) is 4.39 Å². The highest BCUT2D eigenvalue weighted by Gasteiger charge is 2.33. The predicted octanol–water partition coefficient (Wildman–Crippen LogP) is 7.66. The highest BCUT2D eigenvalue weighted by atomic mass is 32.1. The molecule has 6 nitrogen and oxygen atoms in total. The van der Waals surface area contributed by atoms with E-state index in [2.05, 4.69) is 5.32 Å². The molecule has 5 aromatic rings. The molecule has 4 aromatic carbocycles. The van der Waals surface area contributed by atoms with Gasteiger partial charge in [-0.2, -0.15) is 0 Å². The number of para-hydroxylation sites is 2. The summed E-state index contributed by atoms with van der Waals surface area (Å²) in [6.07, 6.45) is 0.227. The molecule has 0 bridgehead atoms. The van der Waals surface area contributed by atoms with Crippen LogP contribution >= 0.6 is 19.2 Å². The normalized spacial score (nSPS) is 12.1. The van der Waals surface area contributed by atoms with Gasteiger partial charge < -0.3 is 14.4 Å². The Morgan fingerprint density at radius 1 is 0.821 bits per heavy atom. The third kappa shape index (κ3) is 7.33. The van der Waals surface area contributed by atoms with E-state index in [0.29, 0.717) is 21.9 Å². The number of halogens is 1. The zero-order chi connectivity index (χ0) is 27.1. The molecular formula is C30H25FNO5PS. The van der Waals surface area contributed by atoms with E-state index in [-0.39, 0.29) is 18.9 Å². The Kier molecular flexibility index (Phi) is 8.37. The van der Waals surface area contributed by atoms with Crippen LogP contribution in [0.15, 0.2) is 115 Å². The van der Waals surface area contributed by atoms with Crippen molar-refractivity contribution in [1.82, 2.24) is 5.32 Å². The molecule has 5 rings (SSSR count). The first-order valence-electron chi connectivity index (χ1n) is 12.2. The van der Waals surface area contributed by atoms with Gasteiger partial charge in [-0.15, -0.1) is 11.3 Å². The van der Waals surface area contributed by atoms with Gasteiger partial charge in [0.05, 0.1) is 17.5 Å². The van der Waals surface area contributed by atoms with Gasteiger partial charge >= 0.3 is 7.82 Å². The molecule has 0 fully saturated rings. The topological polar surface area (TPSA) is 73.9 Å². The first-order chi connectivity index (χ1) is 19.0. The van der Waals surface area contributed by atoms with E-state index < -0.39 is 19.7 Å². The molecule has 198 valence electrons. The van der Waals surface area contributed by atoms with E-state index in [1.807, 2.05) is 30.3 Å². The van der Waals surface area contributed by atoms with Crippen molar-refractivity contribution < 1.29 is 27.3 Å². The van der Waals surface area contributed by atoms with E-state index in [4.69, 9.17) is 13.6 Å². The fourth-order valence-electron chi connectivity index (χ4n) is 3.92. The van der Waals surface area contributed by atoms with E-state index in [9.17, 15) is 13.8 Å². The number of fused-ring (bicyclic) bond motifs is 1. The summed E-state index contributed by atoms with van der Waals surface area (Å²) in [6, 6.07) is 32.0. The van der Waals surface area contributed by atoms with Crippen LogP contribution in [0, 0.1) is 5.82 Å². The number of amides is 1. The molecule has 0 radical (unpaired) electrons. The lowest BCUT2D eigenvalue weighted by atomic mass is 10.1. The maximum atomic E-state index is 13.9. The van der Waals surface area contributed by atoms with Crippen LogP contribution in [-0.4, -0.2) is 18.6 Å². The molecule has 0 saturated carbocycles. The lowest BCUT2D eigenvalue weighted by molar-refractivity contribution is 0.0916. The summed E-state index contributed by atoms with van der Waals surface area (Å²) in [4.78, 5) is 13.7. The summed E-state index contributed by atoms with van der Waals surface area (Å²) >= 11 is 1.37. The molecule has 1 atom stereocenters. The van der Waals surface area contributed by atoms with Crippen molar-refractivity contribution in [1.29, 1.82) is 0 Å². The molecule has 1 unspecified atom stereocenters. The Morgan fingerprint density at radius 2 is 1.46 bits per heavy atom. The van der Waals surface area contributed by atoms with Crippen LogP contribution < -0.4 is 14.4 Å². The van der Waals surface area contributed by atoms with Gasteiger partial charge in [0.15, 0.2) is 0 Å². The maximum absolute atomic E-state index is 13.9. The van der Waals surface area contributed by atoms with Gasteiger partial charge in [0.1, 0.15) is 17.3 Å². The Morgan fingerprint density at radius 3 is 2.10 bits per heavy atom.